The van der Waals surface area contributed by atoms with E-state index in [4.69, 9.17) is 9.40 Å². The van der Waals surface area contributed by atoms with Gasteiger partial charge in [-0.3, -0.25) is 0 Å². The number of rotatable bonds is 5. The van der Waals surface area contributed by atoms with Crippen molar-refractivity contribution in [1.29, 1.82) is 0 Å². The first-order valence-corrected chi connectivity index (χ1v) is 19.8. The predicted molar refractivity (Wildman–Crippen MR) is 243 cm³/mol. The summed E-state index contributed by atoms with van der Waals surface area (Å²) < 4.78 is 8.50. The average molecular weight is 739 g/mol. The maximum atomic E-state index is 6.05. The first kappa shape index (κ1) is 32.5. The summed E-state index contributed by atoms with van der Waals surface area (Å²) in [4.78, 5) is 5.26. The van der Waals surface area contributed by atoms with Crippen molar-refractivity contribution in [3.05, 3.63) is 206 Å². The molecule has 3 aromatic heterocycles. The smallest absolute Gasteiger partial charge is 0.141 e. The molecule has 0 amide bonds. The Kier molecular flexibility index (Phi) is 7.23. The highest BCUT2D eigenvalue weighted by Gasteiger charge is 2.20. The number of aromatic nitrogens is 2. The molecule has 12 aromatic rings. The number of hydrogen-bond acceptors (Lipinski definition) is 2. The molecular formula is C55H34N2O. The molecule has 0 spiro atoms. The lowest BCUT2D eigenvalue weighted by Crippen LogP contribution is -1.98. The van der Waals surface area contributed by atoms with Crippen LogP contribution in [-0.2, 0) is 0 Å². The molecule has 12 rings (SSSR count). The van der Waals surface area contributed by atoms with Crippen LogP contribution < -0.4 is 0 Å². The van der Waals surface area contributed by atoms with E-state index < -0.39 is 0 Å². The molecule has 0 atom stereocenters. The topological polar surface area (TPSA) is 31.0 Å². The van der Waals surface area contributed by atoms with Gasteiger partial charge in [0.25, 0.3) is 0 Å². The standard InChI is InChI=1S/C55H34N2O/c1-4-13-35(14-5-1)39-24-26-53-49(29-39)50-33-47-44-21-11-10-20-43(44)45-25-23-40(42-22-12-19-38-27-28-58-55(38)42)30-46(45)48(47)34-54(50)57(53)41-31-51(36-15-6-2-7-16-36)56-52(32-41)37-17-8-3-9-18-37/h1-34H. The average Bonchev–Trinajstić information content (AvgIpc) is 3.92. The molecule has 0 N–H and O–H groups in total. The van der Waals surface area contributed by atoms with Gasteiger partial charge in [0, 0.05) is 32.8 Å². The second-order valence-corrected chi connectivity index (χ2v) is 15.1. The number of fused-ring (bicyclic) bond motifs is 10. The Hall–Kier alpha value is -7.75. The molecule has 0 fully saturated rings. The van der Waals surface area contributed by atoms with Gasteiger partial charge in [0.1, 0.15) is 5.58 Å². The molecule has 58 heavy (non-hydrogen) atoms. The third-order valence-electron chi connectivity index (χ3n) is 11.8. The highest BCUT2D eigenvalue weighted by Crippen LogP contribution is 2.44. The minimum atomic E-state index is 0.907. The summed E-state index contributed by atoms with van der Waals surface area (Å²) in [7, 11) is 0. The van der Waals surface area contributed by atoms with Crippen LogP contribution in [0.15, 0.2) is 211 Å². The number of hydrogen-bond donors (Lipinski definition) is 0. The van der Waals surface area contributed by atoms with Crippen LogP contribution in [0.1, 0.15) is 0 Å². The van der Waals surface area contributed by atoms with E-state index in [2.05, 4.69) is 199 Å². The van der Waals surface area contributed by atoms with Crippen LogP contribution in [0.4, 0.5) is 0 Å². The summed E-state index contributed by atoms with van der Waals surface area (Å²) in [5, 5.41) is 10.9. The summed E-state index contributed by atoms with van der Waals surface area (Å²) in [6.07, 6.45) is 1.78. The fourth-order valence-electron chi connectivity index (χ4n) is 9.10. The van der Waals surface area contributed by atoms with E-state index in [1.807, 2.05) is 6.07 Å². The number of para-hydroxylation sites is 1. The van der Waals surface area contributed by atoms with Crippen LogP contribution in [0.2, 0.25) is 0 Å². The molecule has 3 heterocycles. The molecule has 0 unspecified atom stereocenters. The Morgan fingerprint density at radius 3 is 1.64 bits per heavy atom. The summed E-state index contributed by atoms with van der Waals surface area (Å²) >= 11 is 0. The SMILES string of the molecule is c1ccc(-c2ccc3c(c2)c2cc4c5ccccc5c5ccc(-c6cccc7ccoc67)cc5c4cc2n3-c2cc(-c3ccccc3)nc(-c3ccccc3)c2)cc1. The van der Waals surface area contributed by atoms with E-state index in [-0.39, 0.29) is 0 Å². The monoisotopic (exact) mass is 738 g/mol. The predicted octanol–water partition coefficient (Wildman–Crippen LogP) is 15.1. The summed E-state index contributed by atoms with van der Waals surface area (Å²) in [5.74, 6) is 0. The van der Waals surface area contributed by atoms with Crippen molar-refractivity contribution < 1.29 is 4.42 Å². The van der Waals surface area contributed by atoms with Crippen molar-refractivity contribution in [2.24, 2.45) is 0 Å². The van der Waals surface area contributed by atoms with Gasteiger partial charge < -0.3 is 8.98 Å². The molecule has 0 aliphatic heterocycles. The summed E-state index contributed by atoms with van der Waals surface area (Å²) in [6, 6.07) is 72.2. The molecule has 0 aliphatic rings. The van der Waals surface area contributed by atoms with Crippen LogP contribution in [0.25, 0.3) is 116 Å². The zero-order valence-corrected chi connectivity index (χ0v) is 31.4. The molecule has 0 saturated carbocycles. The lowest BCUT2D eigenvalue weighted by molar-refractivity contribution is 0.617. The van der Waals surface area contributed by atoms with Gasteiger partial charge in [0.2, 0.25) is 0 Å². The number of furan rings is 1. The van der Waals surface area contributed by atoms with Gasteiger partial charge in [-0.25, -0.2) is 4.98 Å². The third-order valence-corrected chi connectivity index (χ3v) is 11.8. The highest BCUT2D eigenvalue weighted by atomic mass is 16.3. The van der Waals surface area contributed by atoms with Crippen LogP contribution >= 0.6 is 0 Å². The van der Waals surface area contributed by atoms with Gasteiger partial charge in [0.15, 0.2) is 0 Å². The normalized spacial score (nSPS) is 11.8. The van der Waals surface area contributed by atoms with Crippen LogP contribution in [0.3, 0.4) is 0 Å². The van der Waals surface area contributed by atoms with Gasteiger partial charge in [-0.1, -0.05) is 152 Å². The number of benzene rings is 9. The minimum Gasteiger partial charge on any atom is -0.464 e. The zero-order chi connectivity index (χ0) is 38.2. The molecule has 0 aliphatic carbocycles. The van der Waals surface area contributed by atoms with Gasteiger partial charge in [0.05, 0.1) is 34.4 Å². The fraction of sp³-hybridized carbons (Fsp3) is 0. The first-order valence-electron chi connectivity index (χ1n) is 19.8. The molecule has 0 radical (unpaired) electrons. The Morgan fingerprint density at radius 1 is 0.345 bits per heavy atom. The molecule has 3 nitrogen and oxygen atoms in total. The number of pyridine rings is 1. The largest absolute Gasteiger partial charge is 0.464 e. The van der Waals surface area contributed by atoms with E-state index in [9.17, 15) is 0 Å². The third kappa shape index (κ3) is 5.11. The van der Waals surface area contributed by atoms with Crippen molar-refractivity contribution in [1.82, 2.24) is 9.55 Å². The van der Waals surface area contributed by atoms with Crippen molar-refractivity contribution in [2.45, 2.75) is 0 Å². The summed E-state index contributed by atoms with van der Waals surface area (Å²) in [6.45, 7) is 0. The Bertz CT molecular complexity index is 3490. The Morgan fingerprint density at radius 2 is 0.914 bits per heavy atom. The molecule has 0 saturated heterocycles. The molecular weight excluding hydrogens is 705 g/mol. The van der Waals surface area contributed by atoms with Crippen LogP contribution in [0.5, 0.6) is 0 Å². The Balaban J connectivity index is 1.22. The van der Waals surface area contributed by atoms with E-state index >= 15 is 0 Å². The van der Waals surface area contributed by atoms with Gasteiger partial charge in [-0.2, -0.15) is 0 Å². The lowest BCUT2D eigenvalue weighted by Gasteiger charge is -2.15. The van der Waals surface area contributed by atoms with Crippen molar-refractivity contribution >= 4 is 65.1 Å². The van der Waals surface area contributed by atoms with E-state index in [1.54, 1.807) is 6.26 Å². The van der Waals surface area contributed by atoms with E-state index in [1.165, 1.54) is 54.2 Å². The van der Waals surface area contributed by atoms with Crippen molar-refractivity contribution in [3.63, 3.8) is 0 Å². The molecule has 270 valence electrons. The second-order valence-electron chi connectivity index (χ2n) is 15.1. The highest BCUT2D eigenvalue weighted by molar-refractivity contribution is 6.29. The molecule has 9 aromatic carbocycles. The molecule has 3 heteroatoms. The number of nitrogens with zero attached hydrogens (tertiary/aromatic N) is 2. The van der Waals surface area contributed by atoms with Gasteiger partial charge in [-0.15, -0.1) is 0 Å². The molecule has 0 bridgehead atoms. The summed E-state index contributed by atoms with van der Waals surface area (Å²) in [5.41, 5.74) is 12.9. The van der Waals surface area contributed by atoms with E-state index in [0.717, 1.165) is 61.3 Å². The quantitative estimate of drug-likeness (QED) is 0.165. The van der Waals surface area contributed by atoms with Crippen LogP contribution in [0, 0.1) is 0 Å². The minimum absolute atomic E-state index is 0.907. The van der Waals surface area contributed by atoms with Gasteiger partial charge >= 0.3 is 0 Å². The first-order chi connectivity index (χ1) is 28.7. The van der Waals surface area contributed by atoms with Crippen LogP contribution in [-0.4, -0.2) is 9.55 Å². The van der Waals surface area contributed by atoms with Gasteiger partial charge in [-0.05, 0) is 97.5 Å². The fourth-order valence-corrected chi connectivity index (χ4v) is 9.10. The maximum Gasteiger partial charge on any atom is 0.141 e. The second kappa shape index (κ2) is 12.9. The zero-order valence-electron chi connectivity index (χ0n) is 31.4. The maximum absolute atomic E-state index is 6.05. The lowest BCUT2D eigenvalue weighted by atomic mass is 9.91. The Labute approximate surface area is 334 Å². The van der Waals surface area contributed by atoms with Crippen molar-refractivity contribution in [2.75, 3.05) is 0 Å². The van der Waals surface area contributed by atoms with Crippen molar-refractivity contribution in [3.8, 4) is 50.5 Å². The van der Waals surface area contributed by atoms with E-state index in [0.29, 0.717) is 0 Å².